The van der Waals surface area contributed by atoms with Gasteiger partial charge in [0.15, 0.2) is 5.13 Å². The van der Waals surface area contributed by atoms with E-state index in [4.69, 9.17) is 10.5 Å². The first kappa shape index (κ1) is 16.0. The van der Waals surface area contributed by atoms with Gasteiger partial charge in [-0.3, -0.25) is 4.79 Å². The number of nitrogens with one attached hydrogen (secondary N) is 1. The number of hydrogen-bond acceptors (Lipinski definition) is 5. The molecular formula is C16H18FN3O2S. The maximum absolute atomic E-state index is 13.3. The van der Waals surface area contributed by atoms with E-state index in [1.165, 1.54) is 23.5 Å². The average molecular weight is 335 g/mol. The van der Waals surface area contributed by atoms with E-state index in [9.17, 15) is 9.18 Å². The molecule has 0 saturated carbocycles. The Balaban J connectivity index is 1.75. The minimum atomic E-state index is -0.594. The van der Waals surface area contributed by atoms with E-state index < -0.39 is 5.41 Å². The standard InChI is InChI=1S/C16H18FN3O2S/c17-12-3-1-2-11(8-12)13-9-23-15(19-13)20-14(21)16(10-18)4-6-22-7-5-16/h1-3,8-9H,4-7,10,18H2,(H,19,20,21). The second-order valence-electron chi connectivity index (χ2n) is 5.60. The second kappa shape index (κ2) is 6.74. The van der Waals surface area contributed by atoms with Crippen LogP contribution >= 0.6 is 11.3 Å². The number of nitrogens with zero attached hydrogens (tertiary/aromatic N) is 1. The van der Waals surface area contributed by atoms with Gasteiger partial charge in [0.2, 0.25) is 5.91 Å². The molecule has 1 aliphatic heterocycles. The van der Waals surface area contributed by atoms with Gasteiger partial charge in [0.1, 0.15) is 5.82 Å². The summed E-state index contributed by atoms with van der Waals surface area (Å²) in [4.78, 5) is 17.0. The van der Waals surface area contributed by atoms with Crippen LogP contribution in [0.2, 0.25) is 0 Å². The van der Waals surface area contributed by atoms with E-state index in [0.717, 1.165) is 0 Å². The monoisotopic (exact) mass is 335 g/mol. The molecule has 5 nitrogen and oxygen atoms in total. The Morgan fingerprint density at radius 2 is 2.22 bits per heavy atom. The van der Waals surface area contributed by atoms with Crippen molar-refractivity contribution in [3.8, 4) is 11.3 Å². The van der Waals surface area contributed by atoms with E-state index in [-0.39, 0.29) is 18.3 Å². The van der Waals surface area contributed by atoms with Gasteiger partial charge in [-0.2, -0.15) is 0 Å². The first-order chi connectivity index (χ1) is 11.1. The Morgan fingerprint density at radius 1 is 1.43 bits per heavy atom. The van der Waals surface area contributed by atoms with Crippen LogP contribution in [0.15, 0.2) is 29.6 Å². The van der Waals surface area contributed by atoms with Crippen molar-refractivity contribution in [1.82, 2.24) is 4.98 Å². The van der Waals surface area contributed by atoms with Crippen molar-refractivity contribution in [2.45, 2.75) is 12.8 Å². The average Bonchev–Trinajstić information content (AvgIpc) is 3.04. The Bertz CT molecular complexity index is 698. The third kappa shape index (κ3) is 3.41. The molecule has 2 aromatic rings. The van der Waals surface area contributed by atoms with E-state index in [2.05, 4.69) is 10.3 Å². The highest BCUT2D eigenvalue weighted by Gasteiger charge is 2.39. The van der Waals surface area contributed by atoms with Gasteiger partial charge in [-0.25, -0.2) is 9.37 Å². The lowest BCUT2D eigenvalue weighted by Crippen LogP contribution is -2.46. The van der Waals surface area contributed by atoms with Gasteiger partial charge in [0.25, 0.3) is 0 Å². The van der Waals surface area contributed by atoms with E-state index in [1.807, 2.05) is 0 Å². The number of nitrogens with two attached hydrogens (primary N) is 1. The van der Waals surface area contributed by atoms with Gasteiger partial charge in [0, 0.05) is 30.7 Å². The number of hydrogen-bond donors (Lipinski definition) is 2. The van der Waals surface area contributed by atoms with Crippen molar-refractivity contribution in [1.29, 1.82) is 0 Å². The highest BCUT2D eigenvalue weighted by atomic mass is 32.1. The van der Waals surface area contributed by atoms with Crippen molar-refractivity contribution < 1.29 is 13.9 Å². The Morgan fingerprint density at radius 3 is 2.91 bits per heavy atom. The molecule has 1 aromatic carbocycles. The van der Waals surface area contributed by atoms with Crippen molar-refractivity contribution in [3.05, 3.63) is 35.5 Å². The number of halogens is 1. The molecule has 7 heteroatoms. The van der Waals surface area contributed by atoms with Crippen molar-refractivity contribution in [2.75, 3.05) is 25.1 Å². The van der Waals surface area contributed by atoms with Gasteiger partial charge in [0.05, 0.1) is 11.1 Å². The summed E-state index contributed by atoms with van der Waals surface area (Å²) in [5.74, 6) is -0.436. The molecule has 0 unspecified atom stereocenters. The quantitative estimate of drug-likeness (QED) is 0.900. The van der Waals surface area contributed by atoms with Crippen LogP contribution in [0.5, 0.6) is 0 Å². The van der Waals surface area contributed by atoms with Crippen LogP contribution in [-0.4, -0.2) is 30.6 Å². The number of ether oxygens (including phenoxy) is 1. The smallest absolute Gasteiger partial charge is 0.233 e. The third-order valence-electron chi connectivity index (χ3n) is 4.17. The fourth-order valence-corrected chi connectivity index (χ4v) is 3.34. The maximum atomic E-state index is 13.3. The molecule has 1 aliphatic rings. The molecule has 0 radical (unpaired) electrons. The Labute approximate surface area is 137 Å². The number of rotatable bonds is 4. The first-order valence-corrected chi connectivity index (χ1v) is 8.32. The highest BCUT2D eigenvalue weighted by Crippen LogP contribution is 2.32. The largest absolute Gasteiger partial charge is 0.381 e. The zero-order valence-electron chi connectivity index (χ0n) is 12.5. The molecule has 1 fully saturated rings. The van der Waals surface area contributed by atoms with E-state index >= 15 is 0 Å². The lowest BCUT2D eigenvalue weighted by Gasteiger charge is -2.34. The summed E-state index contributed by atoms with van der Waals surface area (Å²) >= 11 is 1.31. The van der Waals surface area contributed by atoms with Crippen LogP contribution in [0, 0.1) is 11.2 Å². The molecule has 1 saturated heterocycles. The molecule has 0 aliphatic carbocycles. The number of carbonyl (C=O) groups is 1. The van der Waals surface area contributed by atoms with Gasteiger partial charge in [-0.1, -0.05) is 12.1 Å². The summed E-state index contributed by atoms with van der Waals surface area (Å²) in [6, 6.07) is 6.21. The van der Waals surface area contributed by atoms with Crippen molar-refractivity contribution in [2.24, 2.45) is 11.1 Å². The minimum absolute atomic E-state index is 0.122. The summed E-state index contributed by atoms with van der Waals surface area (Å²) in [5.41, 5.74) is 6.56. The zero-order valence-corrected chi connectivity index (χ0v) is 13.4. The zero-order chi connectivity index (χ0) is 16.3. The van der Waals surface area contributed by atoms with Crippen LogP contribution in [-0.2, 0) is 9.53 Å². The topological polar surface area (TPSA) is 77.2 Å². The fraction of sp³-hybridized carbons (Fsp3) is 0.375. The molecule has 2 heterocycles. The molecule has 3 N–H and O–H groups in total. The van der Waals surface area contributed by atoms with Crippen LogP contribution in [0.1, 0.15) is 12.8 Å². The molecule has 0 spiro atoms. The first-order valence-electron chi connectivity index (χ1n) is 7.44. The Hall–Kier alpha value is -1.83. The van der Waals surface area contributed by atoms with Crippen molar-refractivity contribution in [3.63, 3.8) is 0 Å². The highest BCUT2D eigenvalue weighted by molar-refractivity contribution is 7.14. The van der Waals surface area contributed by atoms with E-state index in [1.54, 1.807) is 17.5 Å². The number of thiazole rings is 1. The van der Waals surface area contributed by atoms with Crippen LogP contribution in [0.4, 0.5) is 9.52 Å². The van der Waals surface area contributed by atoms with Gasteiger partial charge in [-0.05, 0) is 25.0 Å². The van der Waals surface area contributed by atoms with Crippen molar-refractivity contribution >= 4 is 22.4 Å². The molecule has 3 rings (SSSR count). The number of benzene rings is 1. The van der Waals surface area contributed by atoms with Gasteiger partial charge >= 0.3 is 0 Å². The van der Waals surface area contributed by atoms with Gasteiger partial charge < -0.3 is 15.8 Å². The number of aromatic nitrogens is 1. The normalized spacial score (nSPS) is 17.0. The van der Waals surface area contributed by atoms with Crippen LogP contribution in [0.3, 0.4) is 0 Å². The summed E-state index contributed by atoms with van der Waals surface area (Å²) in [5, 5.41) is 5.14. The number of amides is 1. The fourth-order valence-electron chi connectivity index (χ4n) is 2.63. The summed E-state index contributed by atoms with van der Waals surface area (Å²) in [6.45, 7) is 1.36. The minimum Gasteiger partial charge on any atom is -0.381 e. The SMILES string of the molecule is NCC1(C(=O)Nc2nc(-c3cccc(F)c3)cs2)CCOCC1. The van der Waals surface area contributed by atoms with Crippen LogP contribution < -0.4 is 11.1 Å². The van der Waals surface area contributed by atoms with Crippen LogP contribution in [0.25, 0.3) is 11.3 Å². The molecule has 0 atom stereocenters. The maximum Gasteiger partial charge on any atom is 0.233 e. The third-order valence-corrected chi connectivity index (χ3v) is 4.93. The predicted molar refractivity (Wildman–Crippen MR) is 87.7 cm³/mol. The van der Waals surface area contributed by atoms with Gasteiger partial charge in [-0.15, -0.1) is 11.3 Å². The molecule has 0 bridgehead atoms. The molecule has 1 amide bonds. The molecule has 122 valence electrons. The Kier molecular flexibility index (Phi) is 4.70. The summed E-state index contributed by atoms with van der Waals surface area (Å²) in [7, 11) is 0. The predicted octanol–water partition coefficient (Wildman–Crippen LogP) is 2.64. The number of anilines is 1. The molecule has 1 aromatic heterocycles. The second-order valence-corrected chi connectivity index (χ2v) is 6.46. The number of carbonyl (C=O) groups excluding carboxylic acids is 1. The van der Waals surface area contributed by atoms with E-state index in [0.29, 0.717) is 42.4 Å². The molecular weight excluding hydrogens is 317 g/mol. The summed E-state index contributed by atoms with van der Waals surface area (Å²) in [6.07, 6.45) is 1.22. The molecule has 23 heavy (non-hydrogen) atoms. The summed E-state index contributed by atoms with van der Waals surface area (Å²) < 4.78 is 18.6. The lowest BCUT2D eigenvalue weighted by atomic mass is 9.79. The lowest BCUT2D eigenvalue weighted by molar-refractivity contribution is -0.130.